The molecule has 6 fully saturated rings. The Balaban J connectivity index is 1.22. The van der Waals surface area contributed by atoms with Crippen LogP contribution in [0.15, 0.2) is 6.20 Å². The molecule has 1 aromatic heterocycles. The lowest BCUT2D eigenvalue weighted by atomic mass is 9.48. The smallest absolute Gasteiger partial charge is 0.309 e. The number of amides is 1. The summed E-state index contributed by atoms with van der Waals surface area (Å²) in [6.45, 7) is 1.41. The molecule has 8 nitrogen and oxygen atoms in total. The summed E-state index contributed by atoms with van der Waals surface area (Å²) in [5.41, 5.74) is 0.900. The van der Waals surface area contributed by atoms with Crippen LogP contribution in [0.1, 0.15) is 86.2 Å². The summed E-state index contributed by atoms with van der Waals surface area (Å²) < 4.78 is 5.46. The number of hydrogen-bond donors (Lipinski definition) is 3. The summed E-state index contributed by atoms with van der Waals surface area (Å²) in [6.07, 6.45) is 11.4. The number of aromatic nitrogens is 2. The molecule has 3 unspecified atom stereocenters. The van der Waals surface area contributed by atoms with Crippen LogP contribution in [0.5, 0.6) is 0 Å². The first-order chi connectivity index (χ1) is 16.0. The molecule has 7 rings (SSSR count). The second kappa shape index (κ2) is 8.22. The minimum absolute atomic E-state index is 0.0615. The maximum atomic E-state index is 13.5. The van der Waals surface area contributed by atoms with Gasteiger partial charge in [0.15, 0.2) is 0 Å². The summed E-state index contributed by atoms with van der Waals surface area (Å²) in [6, 6.07) is 0.280. The van der Waals surface area contributed by atoms with Crippen LogP contribution in [0.3, 0.4) is 0 Å². The normalized spacial score (nSPS) is 37.4. The van der Waals surface area contributed by atoms with Crippen molar-refractivity contribution in [2.75, 3.05) is 18.5 Å². The van der Waals surface area contributed by atoms with Crippen molar-refractivity contribution in [1.82, 2.24) is 15.3 Å². The van der Waals surface area contributed by atoms with Crippen molar-refractivity contribution in [1.29, 1.82) is 0 Å². The van der Waals surface area contributed by atoms with Gasteiger partial charge in [-0.05, 0) is 69.1 Å². The predicted molar refractivity (Wildman–Crippen MR) is 121 cm³/mol. The highest BCUT2D eigenvalue weighted by Crippen LogP contribution is 2.60. The lowest BCUT2D eigenvalue weighted by Crippen LogP contribution is -2.61. The number of hydrogen-bond acceptors (Lipinski definition) is 6. The van der Waals surface area contributed by atoms with Crippen LogP contribution in [0.4, 0.5) is 5.95 Å². The molecule has 3 N–H and O–H groups in total. The van der Waals surface area contributed by atoms with E-state index >= 15 is 0 Å². The van der Waals surface area contributed by atoms with Crippen LogP contribution >= 0.6 is 0 Å². The SMILES string of the molecule is O=C(NC1C2CC3CC1CC(C(=O)O)(C3)C2)c1cnc(NC2CCOC2)nc1C1CCCC1. The lowest BCUT2D eigenvalue weighted by Gasteiger charge is -2.58. The molecule has 1 saturated heterocycles. The van der Waals surface area contributed by atoms with Gasteiger partial charge in [0.1, 0.15) is 0 Å². The van der Waals surface area contributed by atoms with E-state index in [0.29, 0.717) is 42.8 Å². The highest BCUT2D eigenvalue weighted by molar-refractivity contribution is 5.95. The van der Waals surface area contributed by atoms with Gasteiger partial charge in [-0.1, -0.05) is 12.8 Å². The summed E-state index contributed by atoms with van der Waals surface area (Å²) in [5, 5.41) is 16.6. The molecule has 1 aromatic rings. The van der Waals surface area contributed by atoms with E-state index in [4.69, 9.17) is 9.72 Å². The molecule has 33 heavy (non-hydrogen) atoms. The summed E-state index contributed by atoms with van der Waals surface area (Å²) in [7, 11) is 0. The van der Waals surface area contributed by atoms with Crippen LogP contribution in [-0.2, 0) is 9.53 Å². The number of carbonyl (C=O) groups excluding carboxylic acids is 1. The van der Waals surface area contributed by atoms with Crippen molar-refractivity contribution >= 4 is 17.8 Å². The molecule has 0 aromatic carbocycles. The predicted octanol–water partition coefficient (Wildman–Crippen LogP) is 3.34. The Morgan fingerprint density at radius 1 is 1.09 bits per heavy atom. The fraction of sp³-hybridized carbons (Fsp3) is 0.760. The van der Waals surface area contributed by atoms with Crippen LogP contribution in [0, 0.1) is 23.2 Å². The van der Waals surface area contributed by atoms with Gasteiger partial charge in [-0.25, -0.2) is 9.97 Å². The first-order valence-corrected chi connectivity index (χ1v) is 12.8. The van der Waals surface area contributed by atoms with Gasteiger partial charge >= 0.3 is 5.97 Å². The number of nitrogens with zero attached hydrogens (tertiary/aromatic N) is 2. The van der Waals surface area contributed by atoms with E-state index in [-0.39, 0.29) is 29.8 Å². The van der Waals surface area contributed by atoms with E-state index in [0.717, 1.165) is 50.8 Å². The van der Waals surface area contributed by atoms with Gasteiger partial charge in [-0.2, -0.15) is 0 Å². The van der Waals surface area contributed by atoms with Gasteiger partial charge in [0.2, 0.25) is 5.95 Å². The Hall–Kier alpha value is -2.22. The molecule has 5 saturated carbocycles. The zero-order valence-corrected chi connectivity index (χ0v) is 19.1. The Kier molecular flexibility index (Phi) is 5.31. The average molecular weight is 455 g/mol. The Morgan fingerprint density at radius 2 is 1.85 bits per heavy atom. The molecule has 8 heteroatoms. The molecule has 4 bridgehead atoms. The number of carbonyl (C=O) groups is 2. The quantitative estimate of drug-likeness (QED) is 0.604. The monoisotopic (exact) mass is 454 g/mol. The molecule has 0 spiro atoms. The Bertz CT molecular complexity index is 924. The molecular weight excluding hydrogens is 420 g/mol. The molecule has 0 radical (unpaired) electrons. The topological polar surface area (TPSA) is 113 Å². The minimum atomic E-state index is -0.639. The molecule has 1 amide bonds. The van der Waals surface area contributed by atoms with E-state index in [1.165, 1.54) is 12.8 Å². The molecule has 5 aliphatic carbocycles. The summed E-state index contributed by atoms with van der Waals surface area (Å²) in [4.78, 5) is 34.9. The summed E-state index contributed by atoms with van der Waals surface area (Å²) in [5.74, 6) is 1.17. The minimum Gasteiger partial charge on any atom is -0.481 e. The number of aliphatic carboxylic acids is 1. The number of rotatable bonds is 6. The average Bonchev–Trinajstić information content (AvgIpc) is 3.50. The maximum absolute atomic E-state index is 13.5. The number of anilines is 1. The second-order valence-electron chi connectivity index (χ2n) is 11.2. The van der Waals surface area contributed by atoms with Crippen molar-refractivity contribution in [3.8, 4) is 0 Å². The maximum Gasteiger partial charge on any atom is 0.309 e. The van der Waals surface area contributed by atoms with Gasteiger partial charge in [0.25, 0.3) is 5.91 Å². The van der Waals surface area contributed by atoms with Crippen LogP contribution in [0.25, 0.3) is 0 Å². The molecular formula is C25H34N4O4. The van der Waals surface area contributed by atoms with E-state index in [9.17, 15) is 14.7 Å². The van der Waals surface area contributed by atoms with Crippen molar-refractivity contribution in [3.63, 3.8) is 0 Å². The fourth-order valence-corrected chi connectivity index (χ4v) is 7.73. The van der Waals surface area contributed by atoms with Gasteiger partial charge in [0, 0.05) is 24.8 Å². The van der Waals surface area contributed by atoms with E-state index in [2.05, 4.69) is 15.6 Å². The van der Waals surface area contributed by atoms with E-state index < -0.39 is 11.4 Å². The largest absolute Gasteiger partial charge is 0.481 e. The highest BCUT2D eigenvalue weighted by atomic mass is 16.5. The second-order valence-corrected chi connectivity index (χ2v) is 11.2. The molecule has 6 aliphatic rings. The lowest BCUT2D eigenvalue weighted by molar-refractivity contribution is -0.166. The van der Waals surface area contributed by atoms with Crippen LogP contribution < -0.4 is 10.6 Å². The third-order valence-electron chi connectivity index (χ3n) is 9.09. The molecule has 178 valence electrons. The van der Waals surface area contributed by atoms with Crippen LogP contribution in [-0.4, -0.2) is 52.2 Å². The number of carboxylic acids is 1. The van der Waals surface area contributed by atoms with Crippen molar-refractivity contribution in [2.45, 2.75) is 82.2 Å². The van der Waals surface area contributed by atoms with Crippen molar-refractivity contribution in [2.24, 2.45) is 23.2 Å². The van der Waals surface area contributed by atoms with Crippen molar-refractivity contribution in [3.05, 3.63) is 17.5 Å². The third kappa shape index (κ3) is 3.80. The molecule has 2 heterocycles. The summed E-state index contributed by atoms with van der Waals surface area (Å²) >= 11 is 0. The number of carboxylic acid groups (broad SMARTS) is 1. The third-order valence-corrected chi connectivity index (χ3v) is 9.09. The van der Waals surface area contributed by atoms with Crippen molar-refractivity contribution < 1.29 is 19.4 Å². The first kappa shape index (κ1) is 21.3. The van der Waals surface area contributed by atoms with E-state index in [1.54, 1.807) is 6.20 Å². The van der Waals surface area contributed by atoms with Gasteiger partial charge in [-0.3, -0.25) is 9.59 Å². The molecule has 1 aliphatic heterocycles. The zero-order chi connectivity index (χ0) is 22.6. The molecule has 3 atom stereocenters. The Morgan fingerprint density at radius 3 is 2.52 bits per heavy atom. The van der Waals surface area contributed by atoms with Crippen LogP contribution in [0.2, 0.25) is 0 Å². The Labute approximate surface area is 194 Å². The highest BCUT2D eigenvalue weighted by Gasteiger charge is 2.59. The number of nitrogens with one attached hydrogen (secondary N) is 2. The fourth-order valence-electron chi connectivity index (χ4n) is 7.73. The van der Waals surface area contributed by atoms with Gasteiger partial charge in [0.05, 0.1) is 29.3 Å². The standard InChI is InChI=1S/C25H34N4O4/c30-22(28-20-16-7-14-8-17(20)11-25(9-14,10-16)23(31)32)19-12-26-24(27-18-5-6-33-13-18)29-21(19)15-3-1-2-4-15/h12,14-18,20H,1-11,13H2,(H,28,30)(H,31,32)(H,26,27,29). The van der Waals surface area contributed by atoms with Gasteiger partial charge < -0.3 is 20.5 Å². The first-order valence-electron chi connectivity index (χ1n) is 12.8. The van der Waals surface area contributed by atoms with E-state index in [1.807, 2.05) is 0 Å². The van der Waals surface area contributed by atoms with Gasteiger partial charge in [-0.15, -0.1) is 0 Å². The zero-order valence-electron chi connectivity index (χ0n) is 19.1. The number of ether oxygens (including phenoxy) is 1.